The second-order valence-corrected chi connectivity index (χ2v) is 13.8. The van der Waals surface area contributed by atoms with Crippen molar-refractivity contribution in [1.82, 2.24) is 5.32 Å². The molecule has 2 fully saturated rings. The largest absolute Gasteiger partial charge is 0.466 e. The minimum atomic E-state index is -0.163. The first-order valence-electron chi connectivity index (χ1n) is 17.2. The second kappa shape index (κ2) is 22.3. The van der Waals surface area contributed by atoms with Gasteiger partial charge in [-0.1, -0.05) is 85.7 Å². The van der Waals surface area contributed by atoms with Crippen LogP contribution in [0.15, 0.2) is 48.5 Å². The maximum absolute atomic E-state index is 12.8. The molecular formula is C39H63F2NO2. The van der Waals surface area contributed by atoms with E-state index in [0.29, 0.717) is 12.5 Å². The average molecular weight is 616 g/mol. The van der Waals surface area contributed by atoms with Crippen molar-refractivity contribution in [3.63, 3.8) is 0 Å². The van der Waals surface area contributed by atoms with Gasteiger partial charge in [-0.15, -0.1) is 0 Å². The van der Waals surface area contributed by atoms with Gasteiger partial charge < -0.3 is 10.1 Å². The fraction of sp³-hybridized carbons (Fsp3) is 0.667. The van der Waals surface area contributed by atoms with Gasteiger partial charge in [0.2, 0.25) is 0 Å². The molecule has 5 heteroatoms. The number of carbonyl (C=O) groups excluding carboxylic acids is 1. The minimum Gasteiger partial charge on any atom is -0.466 e. The first-order valence-corrected chi connectivity index (χ1v) is 17.2. The van der Waals surface area contributed by atoms with Crippen LogP contribution in [-0.4, -0.2) is 25.7 Å². The predicted molar refractivity (Wildman–Crippen MR) is 183 cm³/mol. The van der Waals surface area contributed by atoms with Gasteiger partial charge in [0.15, 0.2) is 0 Å². The van der Waals surface area contributed by atoms with Gasteiger partial charge >= 0.3 is 5.97 Å². The number of nitrogens with one attached hydrogen (secondary N) is 1. The molecule has 0 aromatic heterocycles. The molecule has 1 N–H and O–H groups in total. The fourth-order valence-electron chi connectivity index (χ4n) is 5.86. The van der Waals surface area contributed by atoms with Crippen LogP contribution in [0.1, 0.15) is 130 Å². The van der Waals surface area contributed by atoms with Crippen molar-refractivity contribution in [2.75, 3.05) is 19.7 Å². The highest BCUT2D eigenvalue weighted by Crippen LogP contribution is 2.33. The van der Waals surface area contributed by atoms with E-state index in [2.05, 4.69) is 46.9 Å². The number of benzene rings is 2. The van der Waals surface area contributed by atoms with E-state index in [1.807, 2.05) is 45.0 Å². The Morgan fingerprint density at radius 3 is 1.89 bits per heavy atom. The highest BCUT2D eigenvalue weighted by atomic mass is 19.1. The lowest BCUT2D eigenvalue weighted by atomic mass is 9.77. The van der Waals surface area contributed by atoms with E-state index in [1.165, 1.54) is 69.0 Å². The molecule has 0 radical (unpaired) electrons. The number of hydrogen-bond acceptors (Lipinski definition) is 3. The average Bonchev–Trinajstić information content (AvgIpc) is 2.99. The van der Waals surface area contributed by atoms with Crippen molar-refractivity contribution < 1.29 is 18.3 Å². The number of rotatable bonds is 7. The Morgan fingerprint density at radius 2 is 1.45 bits per heavy atom. The van der Waals surface area contributed by atoms with Gasteiger partial charge in [-0.2, -0.15) is 0 Å². The van der Waals surface area contributed by atoms with Crippen molar-refractivity contribution in [3.05, 3.63) is 71.3 Å². The molecule has 44 heavy (non-hydrogen) atoms. The highest BCUT2D eigenvalue weighted by molar-refractivity contribution is 5.72. The van der Waals surface area contributed by atoms with Crippen molar-refractivity contribution in [2.24, 2.45) is 29.6 Å². The summed E-state index contributed by atoms with van der Waals surface area (Å²) < 4.78 is 30.2. The Morgan fingerprint density at radius 1 is 0.841 bits per heavy atom. The van der Waals surface area contributed by atoms with E-state index in [9.17, 15) is 13.6 Å². The molecule has 2 aromatic carbocycles. The molecule has 1 unspecified atom stereocenters. The van der Waals surface area contributed by atoms with Gasteiger partial charge in [-0.3, -0.25) is 4.79 Å². The smallest absolute Gasteiger partial charge is 0.308 e. The first-order chi connectivity index (χ1) is 20.8. The summed E-state index contributed by atoms with van der Waals surface area (Å²) in [6.07, 6.45) is 8.70. The Balaban J connectivity index is 0.000000297. The van der Waals surface area contributed by atoms with Gasteiger partial charge in [-0.05, 0) is 130 Å². The molecule has 0 amide bonds. The summed E-state index contributed by atoms with van der Waals surface area (Å²) in [7, 11) is 0. The number of ether oxygens (including phenoxy) is 1. The molecule has 250 valence electrons. The van der Waals surface area contributed by atoms with E-state index < -0.39 is 0 Å². The first kappa shape index (κ1) is 39.8. The van der Waals surface area contributed by atoms with Crippen molar-refractivity contribution in [1.29, 1.82) is 0 Å². The standard InChI is InChI=1S/C12H22O2.2C9H11F.C9H19N/c1-4-14-12(13)11-7-5-10(6-8-11)9(2)3;1-7(2)8-3-5-9(10)6-4-8;1-7(2)8-5-3-4-6-9(8)10;1-8(2)6-9-4-3-5-10-7-9/h9-11H,4-8H2,1-3H3;2*3-7H,1-2H3;8-10H,3-7H2,1-2H3. The number of piperidine rings is 1. The van der Waals surface area contributed by atoms with Crippen LogP contribution in [0, 0.1) is 41.2 Å². The van der Waals surface area contributed by atoms with E-state index in [0.717, 1.165) is 42.1 Å². The van der Waals surface area contributed by atoms with Gasteiger partial charge in [0.05, 0.1) is 12.5 Å². The van der Waals surface area contributed by atoms with Crippen LogP contribution < -0.4 is 5.32 Å². The third-order valence-corrected chi connectivity index (χ3v) is 8.60. The minimum absolute atomic E-state index is 0.0229. The molecule has 1 aliphatic heterocycles. The molecule has 2 aliphatic rings. The van der Waals surface area contributed by atoms with Gasteiger partial charge in [0.25, 0.3) is 0 Å². The lowest BCUT2D eigenvalue weighted by molar-refractivity contribution is -0.149. The molecule has 1 saturated heterocycles. The summed E-state index contributed by atoms with van der Waals surface area (Å²) in [5.41, 5.74) is 1.98. The Bertz CT molecular complexity index is 1010. The molecule has 1 atom stereocenters. The lowest BCUT2D eigenvalue weighted by Crippen LogP contribution is -2.30. The number of esters is 1. The topological polar surface area (TPSA) is 38.3 Å². The summed E-state index contributed by atoms with van der Waals surface area (Å²) in [5.74, 6) is 4.14. The Hall–Kier alpha value is -2.27. The maximum Gasteiger partial charge on any atom is 0.308 e. The van der Waals surface area contributed by atoms with Crippen molar-refractivity contribution in [3.8, 4) is 0 Å². The number of hydrogen-bond donors (Lipinski definition) is 1. The van der Waals surface area contributed by atoms with Crippen LogP contribution >= 0.6 is 0 Å². The summed E-state index contributed by atoms with van der Waals surface area (Å²) in [5, 5.41) is 3.44. The van der Waals surface area contributed by atoms with Crippen LogP contribution in [-0.2, 0) is 9.53 Å². The summed E-state index contributed by atoms with van der Waals surface area (Å²) in [4.78, 5) is 11.5. The lowest BCUT2D eigenvalue weighted by Gasteiger charge is -2.29. The quantitative estimate of drug-likeness (QED) is 0.315. The molecule has 3 nitrogen and oxygen atoms in total. The third kappa shape index (κ3) is 16.7. The molecule has 1 saturated carbocycles. The van der Waals surface area contributed by atoms with Gasteiger partial charge in [0, 0.05) is 0 Å². The van der Waals surface area contributed by atoms with Crippen LogP contribution in [0.4, 0.5) is 8.78 Å². The Kier molecular flexibility index (Phi) is 20.1. The van der Waals surface area contributed by atoms with E-state index in [-0.39, 0.29) is 29.4 Å². The molecular weight excluding hydrogens is 552 g/mol. The second-order valence-electron chi connectivity index (χ2n) is 13.8. The SMILES string of the molecule is CC(C)CC1CCCNC1.CC(C)c1ccc(F)cc1.CC(C)c1ccccc1F.CCOC(=O)C1CCC(C(C)C)CC1. The molecule has 0 bridgehead atoms. The molecule has 2 aromatic rings. The fourth-order valence-corrected chi connectivity index (χ4v) is 5.86. The molecule has 1 aliphatic carbocycles. The zero-order chi connectivity index (χ0) is 33.1. The van der Waals surface area contributed by atoms with E-state index in [1.54, 1.807) is 6.07 Å². The molecule has 4 rings (SSSR count). The summed E-state index contributed by atoms with van der Waals surface area (Å²) in [6.45, 7) is 22.2. The van der Waals surface area contributed by atoms with Gasteiger partial charge in [0.1, 0.15) is 11.6 Å². The maximum atomic E-state index is 12.8. The van der Waals surface area contributed by atoms with Crippen LogP contribution in [0.2, 0.25) is 0 Å². The van der Waals surface area contributed by atoms with Crippen LogP contribution in [0.3, 0.4) is 0 Å². The zero-order valence-electron chi connectivity index (χ0n) is 29.3. The predicted octanol–water partition coefficient (Wildman–Crippen LogP) is 10.9. The third-order valence-electron chi connectivity index (χ3n) is 8.60. The zero-order valence-corrected chi connectivity index (χ0v) is 29.3. The molecule has 1 heterocycles. The number of halogens is 2. The van der Waals surface area contributed by atoms with Crippen LogP contribution in [0.5, 0.6) is 0 Å². The van der Waals surface area contributed by atoms with E-state index in [4.69, 9.17) is 4.74 Å². The normalized spacial score (nSPS) is 19.8. The number of carbonyl (C=O) groups is 1. The molecule has 0 spiro atoms. The summed E-state index contributed by atoms with van der Waals surface area (Å²) >= 11 is 0. The van der Waals surface area contributed by atoms with Crippen LogP contribution in [0.25, 0.3) is 0 Å². The monoisotopic (exact) mass is 615 g/mol. The summed E-state index contributed by atoms with van der Waals surface area (Å²) in [6, 6.07) is 13.5. The Labute approximate surface area is 269 Å². The van der Waals surface area contributed by atoms with Crippen molar-refractivity contribution >= 4 is 5.97 Å². The van der Waals surface area contributed by atoms with E-state index >= 15 is 0 Å². The van der Waals surface area contributed by atoms with Crippen molar-refractivity contribution in [2.45, 2.75) is 119 Å². The highest BCUT2D eigenvalue weighted by Gasteiger charge is 2.28. The van der Waals surface area contributed by atoms with Gasteiger partial charge in [-0.25, -0.2) is 8.78 Å².